The van der Waals surface area contributed by atoms with E-state index in [0.717, 1.165) is 29.9 Å². The first-order valence-corrected chi connectivity index (χ1v) is 7.70. The van der Waals surface area contributed by atoms with E-state index >= 15 is 0 Å². The Labute approximate surface area is 125 Å². The molecule has 0 aromatic heterocycles. The summed E-state index contributed by atoms with van der Waals surface area (Å²) in [7, 11) is 0. The van der Waals surface area contributed by atoms with Crippen LogP contribution in [0.25, 0.3) is 0 Å². The van der Waals surface area contributed by atoms with Gasteiger partial charge in [-0.25, -0.2) is 0 Å². The lowest BCUT2D eigenvalue weighted by molar-refractivity contribution is 0.0889. The molecule has 1 saturated carbocycles. The fraction of sp³-hybridized carbons (Fsp3) is 0.316. The Morgan fingerprint density at radius 1 is 0.810 bits per heavy atom. The SMILES string of the molecule is O=C(c1ccc(Oc2ccccc2)cc1)C1CCCCC1. The zero-order valence-electron chi connectivity index (χ0n) is 12.1. The largest absolute Gasteiger partial charge is 0.457 e. The first-order valence-electron chi connectivity index (χ1n) is 7.70. The second kappa shape index (κ2) is 6.57. The molecule has 0 saturated heterocycles. The van der Waals surface area contributed by atoms with Crippen LogP contribution in [0.2, 0.25) is 0 Å². The molecule has 3 rings (SSSR count). The van der Waals surface area contributed by atoms with Crippen LogP contribution in [0.15, 0.2) is 54.6 Å². The topological polar surface area (TPSA) is 26.3 Å². The van der Waals surface area contributed by atoms with E-state index in [1.807, 2.05) is 54.6 Å². The molecule has 0 radical (unpaired) electrons. The number of carbonyl (C=O) groups is 1. The minimum atomic E-state index is 0.222. The van der Waals surface area contributed by atoms with Gasteiger partial charge in [-0.15, -0.1) is 0 Å². The third-order valence-electron chi connectivity index (χ3n) is 4.09. The number of ketones is 1. The first-order chi connectivity index (χ1) is 10.3. The van der Waals surface area contributed by atoms with Crippen LogP contribution in [-0.2, 0) is 0 Å². The third-order valence-corrected chi connectivity index (χ3v) is 4.09. The molecule has 2 aromatic rings. The van der Waals surface area contributed by atoms with Crippen LogP contribution >= 0.6 is 0 Å². The van der Waals surface area contributed by atoms with Gasteiger partial charge in [-0.2, -0.15) is 0 Å². The average molecular weight is 280 g/mol. The third kappa shape index (κ3) is 3.52. The van der Waals surface area contributed by atoms with E-state index in [0.29, 0.717) is 5.78 Å². The summed E-state index contributed by atoms with van der Waals surface area (Å²) in [4.78, 5) is 12.4. The minimum Gasteiger partial charge on any atom is -0.457 e. The molecule has 0 N–H and O–H groups in total. The summed E-state index contributed by atoms with van der Waals surface area (Å²) < 4.78 is 5.75. The highest BCUT2D eigenvalue weighted by Crippen LogP contribution is 2.28. The predicted octanol–water partition coefficient (Wildman–Crippen LogP) is 5.24. The number of hydrogen-bond acceptors (Lipinski definition) is 2. The standard InChI is InChI=1S/C19H20O2/c20-19(15-7-3-1-4-8-15)16-11-13-18(14-12-16)21-17-9-5-2-6-10-17/h2,5-6,9-15H,1,3-4,7-8H2. The molecule has 0 atom stereocenters. The van der Waals surface area contributed by atoms with Gasteiger partial charge in [0.1, 0.15) is 11.5 Å². The molecule has 2 heteroatoms. The molecule has 1 fully saturated rings. The second-order valence-electron chi connectivity index (χ2n) is 5.64. The molecule has 0 bridgehead atoms. The number of benzene rings is 2. The number of rotatable bonds is 4. The Morgan fingerprint density at radius 2 is 1.43 bits per heavy atom. The first kappa shape index (κ1) is 13.9. The molecule has 2 aromatic carbocycles. The maximum Gasteiger partial charge on any atom is 0.165 e. The predicted molar refractivity (Wildman–Crippen MR) is 83.9 cm³/mol. The quantitative estimate of drug-likeness (QED) is 0.716. The van der Waals surface area contributed by atoms with E-state index < -0.39 is 0 Å². The fourth-order valence-electron chi connectivity index (χ4n) is 2.91. The number of para-hydroxylation sites is 1. The van der Waals surface area contributed by atoms with E-state index in [9.17, 15) is 4.79 Å². The maximum absolute atomic E-state index is 12.4. The van der Waals surface area contributed by atoms with Crippen LogP contribution < -0.4 is 4.74 Å². The Balaban J connectivity index is 1.67. The van der Waals surface area contributed by atoms with Crippen molar-refractivity contribution < 1.29 is 9.53 Å². The van der Waals surface area contributed by atoms with Gasteiger partial charge in [0.15, 0.2) is 5.78 Å². The highest BCUT2D eigenvalue weighted by molar-refractivity contribution is 5.98. The highest BCUT2D eigenvalue weighted by atomic mass is 16.5. The Bertz CT molecular complexity index is 581. The van der Waals surface area contributed by atoms with Gasteiger partial charge in [0.2, 0.25) is 0 Å². The van der Waals surface area contributed by atoms with Crippen LogP contribution in [-0.4, -0.2) is 5.78 Å². The van der Waals surface area contributed by atoms with Crippen molar-refractivity contribution in [3.8, 4) is 11.5 Å². The van der Waals surface area contributed by atoms with Crippen molar-refractivity contribution in [2.45, 2.75) is 32.1 Å². The Kier molecular flexibility index (Phi) is 4.34. The van der Waals surface area contributed by atoms with E-state index in [1.54, 1.807) is 0 Å². The summed E-state index contributed by atoms with van der Waals surface area (Å²) in [6.45, 7) is 0. The van der Waals surface area contributed by atoms with E-state index in [-0.39, 0.29) is 5.92 Å². The van der Waals surface area contributed by atoms with Crippen LogP contribution in [0.3, 0.4) is 0 Å². The van der Waals surface area contributed by atoms with Crippen molar-refractivity contribution in [1.82, 2.24) is 0 Å². The lowest BCUT2D eigenvalue weighted by Crippen LogP contribution is -2.17. The zero-order valence-corrected chi connectivity index (χ0v) is 12.1. The summed E-state index contributed by atoms with van der Waals surface area (Å²) >= 11 is 0. The van der Waals surface area contributed by atoms with Gasteiger partial charge in [-0.05, 0) is 49.2 Å². The van der Waals surface area contributed by atoms with Crippen LogP contribution in [0.4, 0.5) is 0 Å². The maximum atomic E-state index is 12.4. The summed E-state index contributed by atoms with van der Waals surface area (Å²) in [5, 5.41) is 0. The van der Waals surface area contributed by atoms with E-state index in [4.69, 9.17) is 4.74 Å². The van der Waals surface area contributed by atoms with Crippen LogP contribution in [0, 0.1) is 5.92 Å². The van der Waals surface area contributed by atoms with Crippen molar-refractivity contribution in [3.63, 3.8) is 0 Å². The molecule has 1 aliphatic rings. The van der Waals surface area contributed by atoms with Gasteiger partial charge in [-0.1, -0.05) is 37.5 Å². The van der Waals surface area contributed by atoms with Gasteiger partial charge in [-0.3, -0.25) is 4.79 Å². The molecule has 0 aliphatic heterocycles. The molecular formula is C19H20O2. The molecular weight excluding hydrogens is 260 g/mol. The van der Waals surface area contributed by atoms with Crippen molar-refractivity contribution in [1.29, 1.82) is 0 Å². The van der Waals surface area contributed by atoms with Gasteiger partial charge in [0, 0.05) is 11.5 Å². The number of carbonyl (C=O) groups excluding carboxylic acids is 1. The summed E-state index contributed by atoms with van der Waals surface area (Å²) in [5.74, 6) is 2.09. The summed E-state index contributed by atoms with van der Waals surface area (Å²) in [5.41, 5.74) is 0.808. The molecule has 21 heavy (non-hydrogen) atoms. The smallest absolute Gasteiger partial charge is 0.165 e. The van der Waals surface area contributed by atoms with Gasteiger partial charge < -0.3 is 4.74 Å². The van der Waals surface area contributed by atoms with E-state index in [1.165, 1.54) is 19.3 Å². The van der Waals surface area contributed by atoms with Crippen molar-refractivity contribution in [3.05, 3.63) is 60.2 Å². The van der Waals surface area contributed by atoms with Crippen LogP contribution in [0.1, 0.15) is 42.5 Å². The highest BCUT2D eigenvalue weighted by Gasteiger charge is 2.22. The zero-order chi connectivity index (χ0) is 14.5. The molecule has 1 aliphatic carbocycles. The van der Waals surface area contributed by atoms with Gasteiger partial charge >= 0.3 is 0 Å². The Morgan fingerprint density at radius 3 is 2.10 bits per heavy atom. The molecule has 0 heterocycles. The van der Waals surface area contributed by atoms with Crippen molar-refractivity contribution in [2.24, 2.45) is 5.92 Å². The lowest BCUT2D eigenvalue weighted by Gasteiger charge is -2.20. The molecule has 0 unspecified atom stereocenters. The molecule has 0 spiro atoms. The molecule has 2 nitrogen and oxygen atoms in total. The molecule has 108 valence electrons. The normalized spacial score (nSPS) is 15.6. The monoisotopic (exact) mass is 280 g/mol. The number of hydrogen-bond donors (Lipinski definition) is 0. The molecule has 0 amide bonds. The van der Waals surface area contributed by atoms with Crippen LogP contribution in [0.5, 0.6) is 11.5 Å². The minimum absolute atomic E-state index is 0.222. The second-order valence-corrected chi connectivity index (χ2v) is 5.64. The number of Topliss-reactive ketones (excluding diaryl/α,β-unsaturated/α-hetero) is 1. The average Bonchev–Trinajstić information content (AvgIpc) is 2.57. The van der Waals surface area contributed by atoms with Gasteiger partial charge in [0.25, 0.3) is 0 Å². The lowest BCUT2D eigenvalue weighted by atomic mass is 9.84. The number of ether oxygens (including phenoxy) is 1. The summed E-state index contributed by atoms with van der Waals surface area (Å²) in [6, 6.07) is 17.2. The van der Waals surface area contributed by atoms with Gasteiger partial charge in [0.05, 0.1) is 0 Å². The fourth-order valence-corrected chi connectivity index (χ4v) is 2.91. The summed E-state index contributed by atoms with van der Waals surface area (Å²) in [6.07, 6.45) is 5.73. The van der Waals surface area contributed by atoms with Crippen molar-refractivity contribution in [2.75, 3.05) is 0 Å². The van der Waals surface area contributed by atoms with E-state index in [2.05, 4.69) is 0 Å². The Hall–Kier alpha value is -2.09. The van der Waals surface area contributed by atoms with Crippen molar-refractivity contribution >= 4 is 5.78 Å².